The normalized spacial score (nSPS) is 16.3. The van der Waals surface area contributed by atoms with Crippen LogP contribution in [0.15, 0.2) is 68.9 Å². The number of hydrogen-bond donors (Lipinski definition) is 4. The van der Waals surface area contributed by atoms with Gasteiger partial charge in [-0.3, -0.25) is 20.4 Å². The molecule has 0 amide bonds. The van der Waals surface area contributed by atoms with Crippen LogP contribution in [0, 0.1) is 19.1 Å². The maximum atomic E-state index is 5.51. The molecule has 16 nitrogen and oxygen atoms in total. The summed E-state index contributed by atoms with van der Waals surface area (Å²) in [5.41, 5.74) is 3.36. The van der Waals surface area contributed by atoms with Crippen molar-refractivity contribution in [2.24, 2.45) is 20.4 Å². The van der Waals surface area contributed by atoms with Crippen LogP contribution in [0.3, 0.4) is 0 Å². The zero-order valence-corrected chi connectivity index (χ0v) is 34.4. The molecule has 288 valence electrons. The van der Waals surface area contributed by atoms with Gasteiger partial charge < -0.3 is 0 Å². The Morgan fingerprint density at radius 3 is 0.873 bits per heavy atom. The number of nitrogens with zero attached hydrogens (tertiary/aromatic N) is 12. The fourth-order valence-electron chi connectivity index (χ4n) is 5.52. The molecule has 4 aromatic heterocycles. The van der Waals surface area contributed by atoms with Gasteiger partial charge in [-0.2, -0.15) is 59.5 Å². The van der Waals surface area contributed by atoms with Crippen LogP contribution in [-0.2, 0) is 38.3 Å². The van der Waals surface area contributed by atoms with Crippen molar-refractivity contribution < 1.29 is 12.7 Å². The van der Waals surface area contributed by atoms with Crippen molar-refractivity contribution >= 4 is 94.1 Å². The predicted molar refractivity (Wildman–Crippen MR) is 219 cm³/mol. The number of aromatic nitrogens is 12. The first-order valence-electron chi connectivity index (χ1n) is 16.7. The Labute approximate surface area is 348 Å². The Morgan fingerprint density at radius 1 is 0.436 bits per heavy atom. The van der Waals surface area contributed by atoms with Crippen LogP contribution in [0.2, 0.25) is 0 Å². The molecule has 1 aliphatic rings. The quantitative estimate of drug-likeness (QED) is 0.0924. The van der Waals surface area contributed by atoms with E-state index in [1.54, 1.807) is 43.6 Å². The first-order valence-corrected chi connectivity index (χ1v) is 21.0. The monoisotopic (exact) mass is 896 g/mol. The summed E-state index contributed by atoms with van der Waals surface area (Å²) in [7, 11) is 9.40. The minimum absolute atomic E-state index is 0.402. The number of fused-ring (bicyclic) bond motifs is 6. The Hall–Kier alpha value is -4.37. The third-order valence-electron chi connectivity index (χ3n) is 8.21. The minimum atomic E-state index is 0.402. The molecule has 0 saturated heterocycles. The summed E-state index contributed by atoms with van der Waals surface area (Å²) >= 11 is 22.6. The summed E-state index contributed by atoms with van der Waals surface area (Å²) in [6.07, 6.45) is 12.7. The van der Waals surface area contributed by atoms with Crippen LogP contribution < -0.4 is 0 Å². The van der Waals surface area contributed by atoms with Crippen LogP contribution in [0.1, 0.15) is 71.2 Å². The fourth-order valence-corrected chi connectivity index (χ4v) is 6.32. The van der Waals surface area contributed by atoms with E-state index in [1.165, 1.54) is 0 Å². The summed E-state index contributed by atoms with van der Waals surface area (Å²) in [6.45, 7) is 0. The molecular formula is C32H32Cl2N16NiS4. The number of aromatic amines is 4. The van der Waals surface area contributed by atoms with Crippen LogP contribution in [0.4, 0.5) is 0 Å². The third-order valence-corrected chi connectivity index (χ3v) is 9.27. The summed E-state index contributed by atoms with van der Waals surface area (Å²) in [5.74, 6) is 2.87. The van der Waals surface area contributed by atoms with E-state index in [4.69, 9.17) is 69.3 Å². The third kappa shape index (κ3) is 10.5. The van der Waals surface area contributed by atoms with E-state index < -0.39 is 0 Å². The summed E-state index contributed by atoms with van der Waals surface area (Å²) < 4.78 is 8.18. The van der Waals surface area contributed by atoms with E-state index in [0.29, 0.717) is 80.7 Å². The van der Waals surface area contributed by atoms with Crippen LogP contribution in [0.25, 0.3) is 0 Å². The van der Waals surface area contributed by atoms with Crippen molar-refractivity contribution in [1.29, 1.82) is 0 Å². The Balaban J connectivity index is 0.00000166. The van der Waals surface area contributed by atoms with Crippen LogP contribution >= 0.6 is 69.3 Å². The molecule has 0 spiro atoms. The van der Waals surface area contributed by atoms with E-state index in [2.05, 4.69) is 61.2 Å². The molecule has 0 saturated carbocycles. The topological polar surface area (TPSA) is 184 Å². The van der Waals surface area contributed by atoms with Gasteiger partial charge in [-0.05, 0) is 74.6 Å². The van der Waals surface area contributed by atoms with E-state index in [1.807, 2.05) is 48.5 Å². The molecule has 2 aromatic carbocycles. The number of halogens is 2. The molecule has 5 heterocycles. The number of nitrogens with one attached hydrogen (secondary N) is 4. The zero-order valence-electron chi connectivity index (χ0n) is 28.7. The van der Waals surface area contributed by atoms with Crippen molar-refractivity contribution in [2.75, 3.05) is 0 Å². The summed E-state index contributed by atoms with van der Waals surface area (Å²) in [4.78, 5) is 0. The van der Waals surface area contributed by atoms with Gasteiger partial charge in [-0.15, -0.1) is 0 Å². The molecule has 23 heteroatoms. The first-order chi connectivity index (χ1) is 26.9. The van der Waals surface area contributed by atoms with Gasteiger partial charge in [0.05, 0.1) is 24.9 Å². The predicted octanol–water partition coefficient (Wildman–Crippen LogP) is 7.05. The molecule has 6 aromatic rings. The standard InChI is InChI=1S/C32H32N16S4.2ClH.Ni/c49-29-41-37-25-13-5-6-15-27-39-43-31(51)47(27)35-19-23-11-3-4-12-24(23)20-36-48-28(40-44-32(48)52)16-8-7-14-26-38-42-30(50)46(26)34-18-22-10-2-1-9-21(22)17-33-45(25)29;;;/h1-4,9-12,17-20H,5-8,13-16H2,(H,41,49)(H,42,50)(H,43,51)(H,44,52);2*1H;/q;;;+2/p-2/b33-17+,34-18+,35-19+,36-20+;;;. The molecule has 0 fully saturated rings. The molecular weight excluding hydrogens is 866 g/mol. The van der Waals surface area contributed by atoms with Crippen molar-refractivity contribution in [3.05, 3.63) is 113 Å². The molecule has 4 N–H and O–H groups in total. The van der Waals surface area contributed by atoms with Crippen molar-refractivity contribution in [2.45, 2.75) is 51.4 Å². The maximum absolute atomic E-state index is 5.51. The first kappa shape index (κ1) is 40.3. The molecule has 0 atom stereocenters. The zero-order chi connectivity index (χ0) is 38.6. The van der Waals surface area contributed by atoms with Crippen molar-refractivity contribution in [1.82, 2.24) is 59.5 Å². The number of aryl methyl sites for hydroxylation is 4. The number of H-pyrrole nitrogens is 4. The number of benzene rings is 2. The van der Waals surface area contributed by atoms with Gasteiger partial charge in [0, 0.05) is 47.9 Å². The SMILES string of the molecule is S=c1[nH]nc2n1/N=C/c1ccccc1/C=N/n1c(n[nH]c1=S)CCCCc1n[nH]c(=S)n1/N=C/c1ccccc1/C=N/n1c(n[nH]c1=S)CCCC2.[Cl][Ni][Cl]. The Kier molecular flexibility index (Phi) is 14.6. The molecule has 0 unspecified atom stereocenters. The average molecular weight is 899 g/mol. The van der Waals surface area contributed by atoms with E-state index in [-0.39, 0.29) is 0 Å². The number of hydrogen-bond acceptors (Lipinski definition) is 12. The van der Waals surface area contributed by atoms with E-state index in [0.717, 1.165) is 47.9 Å². The van der Waals surface area contributed by atoms with Gasteiger partial charge in [0.1, 0.15) is 0 Å². The van der Waals surface area contributed by atoms with Gasteiger partial charge in [0.25, 0.3) is 0 Å². The summed E-state index contributed by atoms with van der Waals surface area (Å²) in [6, 6.07) is 15.6. The Bertz CT molecular complexity index is 2230. The van der Waals surface area contributed by atoms with Gasteiger partial charge in [0.15, 0.2) is 23.3 Å². The average Bonchev–Trinajstić information content (AvgIpc) is 3.94. The van der Waals surface area contributed by atoms with Crippen LogP contribution in [0.5, 0.6) is 0 Å². The van der Waals surface area contributed by atoms with Gasteiger partial charge in [0.2, 0.25) is 19.1 Å². The Morgan fingerprint density at radius 2 is 0.655 bits per heavy atom. The molecule has 0 aliphatic carbocycles. The van der Waals surface area contributed by atoms with Crippen molar-refractivity contribution in [3.63, 3.8) is 0 Å². The molecule has 7 rings (SSSR count). The molecule has 1 aliphatic heterocycles. The second-order valence-electron chi connectivity index (χ2n) is 11.7. The molecule has 0 radical (unpaired) electrons. The van der Waals surface area contributed by atoms with E-state index >= 15 is 0 Å². The second-order valence-corrected chi connectivity index (χ2v) is 14.9. The van der Waals surface area contributed by atoms with Gasteiger partial charge in [-0.25, -0.2) is 0 Å². The second kappa shape index (κ2) is 20.0. The number of rotatable bonds is 0. The molecule has 55 heavy (non-hydrogen) atoms. The van der Waals surface area contributed by atoms with Crippen LogP contribution in [-0.4, -0.2) is 84.4 Å². The van der Waals surface area contributed by atoms with E-state index in [9.17, 15) is 0 Å². The van der Waals surface area contributed by atoms with Gasteiger partial charge >= 0.3 is 33.0 Å². The van der Waals surface area contributed by atoms with Gasteiger partial charge in [-0.1, -0.05) is 48.5 Å². The fraction of sp³-hybridized carbons (Fsp3) is 0.250. The van der Waals surface area contributed by atoms with Crippen molar-refractivity contribution in [3.8, 4) is 0 Å². The summed E-state index contributed by atoms with van der Waals surface area (Å²) in [5, 5.41) is 47.9. The molecule has 0 bridgehead atoms.